The third-order valence-electron chi connectivity index (χ3n) is 3.40. The predicted molar refractivity (Wildman–Crippen MR) is 90.4 cm³/mol. The van der Waals surface area contributed by atoms with Crippen molar-refractivity contribution in [2.24, 2.45) is 0 Å². The van der Waals surface area contributed by atoms with Gasteiger partial charge in [-0.1, -0.05) is 36.4 Å². The molecule has 1 aromatic heterocycles. The molecule has 0 spiro atoms. The zero-order chi connectivity index (χ0) is 15.9. The van der Waals surface area contributed by atoms with E-state index < -0.39 is 0 Å². The van der Waals surface area contributed by atoms with E-state index in [1.54, 1.807) is 6.20 Å². The van der Waals surface area contributed by atoms with E-state index in [1.807, 2.05) is 66.7 Å². The maximum Gasteiger partial charge on any atom is 0.131 e. The molecule has 3 rings (SSSR count). The second-order valence-corrected chi connectivity index (χ2v) is 5.09. The molecule has 1 heterocycles. The van der Waals surface area contributed by atoms with Gasteiger partial charge in [0.2, 0.25) is 0 Å². The quantitative estimate of drug-likeness (QED) is 0.723. The van der Waals surface area contributed by atoms with Crippen LogP contribution in [0, 0.1) is 0 Å². The summed E-state index contributed by atoms with van der Waals surface area (Å²) in [5.74, 6) is 2.30. The highest BCUT2D eigenvalue weighted by Gasteiger charge is 2.03. The lowest BCUT2D eigenvalue weighted by Gasteiger charge is -2.11. The van der Waals surface area contributed by atoms with Gasteiger partial charge in [-0.15, -0.1) is 0 Å². The van der Waals surface area contributed by atoms with Gasteiger partial charge in [0.1, 0.15) is 17.3 Å². The van der Waals surface area contributed by atoms with Crippen LogP contribution in [-0.4, -0.2) is 10.1 Å². The van der Waals surface area contributed by atoms with E-state index >= 15 is 0 Å². The summed E-state index contributed by atoms with van der Waals surface area (Å²) in [6.45, 7) is 0.573. The molecule has 0 amide bonds. The van der Waals surface area contributed by atoms with Crippen LogP contribution in [0.5, 0.6) is 11.5 Å². The number of aliphatic hydroxyl groups is 1. The molecule has 0 saturated heterocycles. The Morgan fingerprint density at radius 3 is 2.57 bits per heavy atom. The Hall–Kier alpha value is -2.85. The first-order chi connectivity index (χ1) is 11.3. The highest BCUT2D eigenvalue weighted by Crippen LogP contribution is 2.22. The molecule has 0 saturated carbocycles. The molecule has 4 heteroatoms. The van der Waals surface area contributed by atoms with Crippen LogP contribution >= 0.6 is 0 Å². The standard InChI is InChI=1S/C19H18N2O2/c22-14-16-7-5-11-20-19(16)21-13-15-6-4-10-18(12-15)23-17-8-2-1-3-9-17/h1-12,22H,13-14H2,(H,20,21). The lowest BCUT2D eigenvalue weighted by molar-refractivity contribution is 0.282. The largest absolute Gasteiger partial charge is 0.457 e. The van der Waals surface area contributed by atoms with Crippen molar-refractivity contribution in [3.8, 4) is 11.5 Å². The smallest absolute Gasteiger partial charge is 0.131 e. The summed E-state index contributed by atoms with van der Waals surface area (Å²) in [6.07, 6.45) is 1.70. The van der Waals surface area contributed by atoms with Crippen molar-refractivity contribution in [3.05, 3.63) is 84.1 Å². The SMILES string of the molecule is OCc1cccnc1NCc1cccc(Oc2ccccc2)c1. The Kier molecular flexibility index (Phi) is 4.86. The molecule has 2 N–H and O–H groups in total. The van der Waals surface area contributed by atoms with E-state index in [9.17, 15) is 5.11 Å². The number of aliphatic hydroxyl groups excluding tert-OH is 1. The molecule has 2 aromatic carbocycles. The zero-order valence-electron chi connectivity index (χ0n) is 12.6. The molecule has 4 nitrogen and oxygen atoms in total. The summed E-state index contributed by atoms with van der Waals surface area (Å²) < 4.78 is 5.83. The molecule has 0 aliphatic rings. The first-order valence-electron chi connectivity index (χ1n) is 7.45. The number of anilines is 1. The molecular weight excluding hydrogens is 288 g/mol. The van der Waals surface area contributed by atoms with Gasteiger partial charge in [-0.25, -0.2) is 4.98 Å². The predicted octanol–water partition coefficient (Wildman–Crippen LogP) is 3.98. The first kappa shape index (κ1) is 15.1. The van der Waals surface area contributed by atoms with Crippen LogP contribution < -0.4 is 10.1 Å². The number of nitrogens with one attached hydrogen (secondary N) is 1. The molecule has 23 heavy (non-hydrogen) atoms. The van der Waals surface area contributed by atoms with Gasteiger partial charge in [0.25, 0.3) is 0 Å². The van der Waals surface area contributed by atoms with Crippen molar-refractivity contribution in [1.82, 2.24) is 4.98 Å². The number of ether oxygens (including phenoxy) is 1. The molecule has 0 atom stereocenters. The average Bonchev–Trinajstić information content (AvgIpc) is 2.61. The fourth-order valence-electron chi connectivity index (χ4n) is 2.25. The van der Waals surface area contributed by atoms with Crippen LogP contribution in [0.2, 0.25) is 0 Å². The van der Waals surface area contributed by atoms with E-state index in [1.165, 1.54) is 0 Å². The maximum atomic E-state index is 9.32. The van der Waals surface area contributed by atoms with Crippen molar-refractivity contribution in [2.45, 2.75) is 13.2 Å². The van der Waals surface area contributed by atoms with E-state index in [0.29, 0.717) is 12.4 Å². The third-order valence-corrected chi connectivity index (χ3v) is 3.40. The normalized spacial score (nSPS) is 10.3. The molecule has 0 radical (unpaired) electrons. The molecule has 3 aromatic rings. The van der Waals surface area contributed by atoms with E-state index in [-0.39, 0.29) is 6.61 Å². The molecule has 116 valence electrons. The van der Waals surface area contributed by atoms with Crippen LogP contribution in [0.3, 0.4) is 0 Å². The number of aromatic nitrogens is 1. The van der Waals surface area contributed by atoms with Gasteiger partial charge in [0.05, 0.1) is 6.61 Å². The molecule has 0 aliphatic heterocycles. The Labute approximate surface area is 135 Å². The topological polar surface area (TPSA) is 54.4 Å². The number of benzene rings is 2. The number of nitrogens with zero attached hydrogens (tertiary/aromatic N) is 1. The second-order valence-electron chi connectivity index (χ2n) is 5.09. The highest BCUT2D eigenvalue weighted by molar-refractivity contribution is 5.44. The summed E-state index contributed by atoms with van der Waals surface area (Å²) >= 11 is 0. The van der Waals surface area contributed by atoms with Gasteiger partial charge in [-0.2, -0.15) is 0 Å². The maximum absolute atomic E-state index is 9.32. The van der Waals surface area contributed by atoms with Crippen LogP contribution in [0.25, 0.3) is 0 Å². The second kappa shape index (κ2) is 7.42. The van der Waals surface area contributed by atoms with Crippen LogP contribution in [0.15, 0.2) is 72.9 Å². The van der Waals surface area contributed by atoms with Crippen molar-refractivity contribution >= 4 is 5.82 Å². The van der Waals surface area contributed by atoms with Crippen LogP contribution in [-0.2, 0) is 13.2 Å². The summed E-state index contributed by atoms with van der Waals surface area (Å²) in [6, 6.07) is 21.2. The number of hydrogen-bond donors (Lipinski definition) is 2. The Bertz CT molecular complexity index is 760. The molecular formula is C19H18N2O2. The van der Waals surface area contributed by atoms with Gasteiger partial charge in [0, 0.05) is 18.3 Å². The van der Waals surface area contributed by atoms with Gasteiger partial charge < -0.3 is 15.2 Å². The van der Waals surface area contributed by atoms with Crippen molar-refractivity contribution in [1.29, 1.82) is 0 Å². The number of hydrogen-bond acceptors (Lipinski definition) is 4. The zero-order valence-corrected chi connectivity index (χ0v) is 12.6. The summed E-state index contributed by atoms with van der Waals surface area (Å²) in [5, 5.41) is 12.6. The Balaban J connectivity index is 1.68. The monoisotopic (exact) mass is 306 g/mol. The lowest BCUT2D eigenvalue weighted by Crippen LogP contribution is -2.04. The van der Waals surface area contributed by atoms with E-state index in [0.717, 1.165) is 22.6 Å². The van der Waals surface area contributed by atoms with E-state index in [4.69, 9.17) is 4.74 Å². The van der Waals surface area contributed by atoms with Crippen LogP contribution in [0.1, 0.15) is 11.1 Å². The molecule has 0 fully saturated rings. The highest BCUT2D eigenvalue weighted by atomic mass is 16.5. The minimum absolute atomic E-state index is 0.0344. The van der Waals surface area contributed by atoms with Crippen LogP contribution in [0.4, 0.5) is 5.82 Å². The molecule has 0 aliphatic carbocycles. The fraction of sp³-hybridized carbons (Fsp3) is 0.105. The van der Waals surface area contributed by atoms with Crippen molar-refractivity contribution in [3.63, 3.8) is 0 Å². The third kappa shape index (κ3) is 4.08. The number of rotatable bonds is 6. The minimum Gasteiger partial charge on any atom is -0.457 e. The lowest BCUT2D eigenvalue weighted by atomic mass is 10.2. The summed E-state index contributed by atoms with van der Waals surface area (Å²) in [7, 11) is 0. The first-order valence-corrected chi connectivity index (χ1v) is 7.45. The fourth-order valence-corrected chi connectivity index (χ4v) is 2.25. The van der Waals surface area contributed by atoms with Crippen molar-refractivity contribution in [2.75, 3.05) is 5.32 Å². The molecule has 0 unspecified atom stereocenters. The number of pyridine rings is 1. The Morgan fingerprint density at radius 1 is 0.913 bits per heavy atom. The average molecular weight is 306 g/mol. The van der Waals surface area contributed by atoms with Gasteiger partial charge in [0.15, 0.2) is 0 Å². The van der Waals surface area contributed by atoms with Gasteiger partial charge >= 0.3 is 0 Å². The number of para-hydroxylation sites is 1. The minimum atomic E-state index is -0.0344. The van der Waals surface area contributed by atoms with Crippen molar-refractivity contribution < 1.29 is 9.84 Å². The van der Waals surface area contributed by atoms with Gasteiger partial charge in [-0.3, -0.25) is 0 Å². The summed E-state index contributed by atoms with van der Waals surface area (Å²) in [5.41, 5.74) is 1.86. The Morgan fingerprint density at radius 2 is 1.74 bits per heavy atom. The van der Waals surface area contributed by atoms with Gasteiger partial charge in [-0.05, 0) is 35.9 Å². The summed E-state index contributed by atoms with van der Waals surface area (Å²) in [4.78, 5) is 4.25. The molecule has 0 bridgehead atoms. The van der Waals surface area contributed by atoms with E-state index in [2.05, 4.69) is 10.3 Å².